The van der Waals surface area contributed by atoms with Crippen LogP contribution in [0.3, 0.4) is 0 Å². The molecule has 0 bridgehead atoms. The van der Waals surface area contributed by atoms with E-state index in [-0.39, 0.29) is 11.9 Å². The maximum atomic E-state index is 13.8. The van der Waals surface area contributed by atoms with Crippen molar-refractivity contribution < 1.29 is 13.9 Å². The molecule has 2 N–H and O–H groups in total. The van der Waals surface area contributed by atoms with Gasteiger partial charge in [0.15, 0.2) is 0 Å². The molecule has 0 aliphatic carbocycles. The number of likely N-dealkylation sites (tertiary alicyclic amines) is 1. The lowest BCUT2D eigenvalue weighted by Gasteiger charge is -2.29. The minimum absolute atomic E-state index is 0.145. The van der Waals surface area contributed by atoms with Crippen molar-refractivity contribution in [3.05, 3.63) is 77.3 Å². The Bertz CT molecular complexity index is 961. The fourth-order valence-electron chi connectivity index (χ4n) is 3.80. The monoisotopic (exact) mass is 394 g/mol. The van der Waals surface area contributed by atoms with Gasteiger partial charge in [-0.2, -0.15) is 0 Å². The third-order valence-corrected chi connectivity index (χ3v) is 5.55. The molecule has 29 heavy (non-hydrogen) atoms. The van der Waals surface area contributed by atoms with Gasteiger partial charge in [0.1, 0.15) is 17.3 Å². The molecule has 2 heterocycles. The van der Waals surface area contributed by atoms with E-state index in [9.17, 15) is 9.50 Å². The van der Waals surface area contributed by atoms with E-state index in [4.69, 9.17) is 4.42 Å². The summed E-state index contributed by atoms with van der Waals surface area (Å²) in [6.45, 7) is 5.10. The standard InChI is InChI=1S/C24H27FN2O2/c1-17-22(6-3-7-23(17)25)24-9-8-21(29-24)15-26-19-5-2-4-18(14-19)16-27-12-10-20(28)11-13-27/h2-9,14,20,26,28H,10-13,15-16H2,1H3. The van der Waals surface area contributed by atoms with Gasteiger partial charge in [0.2, 0.25) is 0 Å². The Kier molecular flexibility index (Phi) is 5.97. The first-order valence-corrected chi connectivity index (χ1v) is 10.2. The lowest BCUT2D eigenvalue weighted by molar-refractivity contribution is 0.0792. The Hall–Kier alpha value is -2.63. The number of furan rings is 1. The molecular formula is C24H27FN2O2. The predicted molar refractivity (Wildman–Crippen MR) is 113 cm³/mol. The van der Waals surface area contributed by atoms with Crippen molar-refractivity contribution in [2.45, 2.75) is 39.0 Å². The number of aliphatic hydroxyl groups excluding tert-OH is 1. The first-order chi connectivity index (χ1) is 14.1. The van der Waals surface area contributed by atoms with E-state index >= 15 is 0 Å². The molecule has 0 saturated carbocycles. The molecule has 1 aromatic heterocycles. The molecule has 5 heteroatoms. The van der Waals surface area contributed by atoms with Crippen molar-refractivity contribution in [3.63, 3.8) is 0 Å². The summed E-state index contributed by atoms with van der Waals surface area (Å²) < 4.78 is 19.7. The van der Waals surface area contributed by atoms with Gasteiger partial charge < -0.3 is 14.8 Å². The highest BCUT2D eigenvalue weighted by molar-refractivity contribution is 5.62. The minimum atomic E-state index is -0.224. The van der Waals surface area contributed by atoms with Crippen LogP contribution in [0.1, 0.15) is 29.7 Å². The van der Waals surface area contributed by atoms with Crippen LogP contribution in [0.5, 0.6) is 0 Å². The lowest BCUT2D eigenvalue weighted by Crippen LogP contribution is -2.35. The Morgan fingerprint density at radius 2 is 1.90 bits per heavy atom. The normalized spacial score (nSPS) is 15.6. The zero-order valence-electron chi connectivity index (χ0n) is 16.7. The fraction of sp³-hybridized carbons (Fsp3) is 0.333. The van der Waals surface area contributed by atoms with Crippen molar-refractivity contribution in [2.24, 2.45) is 0 Å². The second-order valence-corrected chi connectivity index (χ2v) is 7.74. The van der Waals surface area contributed by atoms with Gasteiger partial charge in [0.25, 0.3) is 0 Å². The molecule has 1 fully saturated rings. The predicted octanol–water partition coefficient (Wildman–Crippen LogP) is 4.96. The van der Waals surface area contributed by atoms with Gasteiger partial charge in [-0.15, -0.1) is 0 Å². The minimum Gasteiger partial charge on any atom is -0.459 e. The summed E-state index contributed by atoms with van der Waals surface area (Å²) in [6, 6.07) is 17.2. The van der Waals surface area contributed by atoms with Crippen molar-refractivity contribution in [1.82, 2.24) is 4.90 Å². The molecule has 4 rings (SSSR count). The first kappa shape index (κ1) is 19.7. The Morgan fingerprint density at radius 3 is 2.72 bits per heavy atom. The van der Waals surface area contributed by atoms with Crippen LogP contribution < -0.4 is 5.32 Å². The summed E-state index contributed by atoms with van der Waals surface area (Å²) in [7, 11) is 0. The van der Waals surface area contributed by atoms with Crippen LogP contribution in [0.25, 0.3) is 11.3 Å². The van der Waals surface area contributed by atoms with E-state index in [2.05, 4.69) is 28.4 Å². The lowest BCUT2D eigenvalue weighted by atomic mass is 10.1. The van der Waals surface area contributed by atoms with E-state index in [0.29, 0.717) is 17.9 Å². The van der Waals surface area contributed by atoms with Crippen LogP contribution in [0, 0.1) is 12.7 Å². The smallest absolute Gasteiger partial charge is 0.134 e. The topological polar surface area (TPSA) is 48.6 Å². The van der Waals surface area contributed by atoms with Gasteiger partial charge in [-0.3, -0.25) is 4.90 Å². The number of benzene rings is 2. The van der Waals surface area contributed by atoms with Crippen molar-refractivity contribution in [3.8, 4) is 11.3 Å². The molecular weight excluding hydrogens is 367 g/mol. The highest BCUT2D eigenvalue weighted by Crippen LogP contribution is 2.27. The number of halogens is 1. The summed E-state index contributed by atoms with van der Waals surface area (Å²) in [5.41, 5.74) is 3.67. The van der Waals surface area contributed by atoms with E-state index < -0.39 is 0 Å². The van der Waals surface area contributed by atoms with E-state index in [1.807, 2.05) is 24.3 Å². The molecule has 2 aromatic carbocycles. The fourth-order valence-corrected chi connectivity index (χ4v) is 3.80. The summed E-state index contributed by atoms with van der Waals surface area (Å²) >= 11 is 0. The van der Waals surface area contributed by atoms with Gasteiger partial charge in [0, 0.05) is 30.9 Å². The van der Waals surface area contributed by atoms with Crippen molar-refractivity contribution in [2.75, 3.05) is 18.4 Å². The molecule has 0 radical (unpaired) electrons. The molecule has 1 aliphatic rings. The summed E-state index contributed by atoms with van der Waals surface area (Å²) in [5, 5.41) is 13.1. The van der Waals surface area contributed by atoms with Gasteiger partial charge in [-0.1, -0.05) is 24.3 Å². The van der Waals surface area contributed by atoms with Gasteiger partial charge in [-0.05, 0) is 61.2 Å². The van der Waals surface area contributed by atoms with Crippen molar-refractivity contribution in [1.29, 1.82) is 0 Å². The van der Waals surface area contributed by atoms with E-state index in [1.54, 1.807) is 13.0 Å². The van der Waals surface area contributed by atoms with Gasteiger partial charge >= 0.3 is 0 Å². The number of aliphatic hydroxyl groups is 1. The second kappa shape index (κ2) is 8.80. The number of nitrogens with zero attached hydrogens (tertiary/aromatic N) is 1. The number of piperidine rings is 1. The Labute approximate surface area is 171 Å². The van der Waals surface area contributed by atoms with Crippen LogP contribution in [-0.4, -0.2) is 29.2 Å². The second-order valence-electron chi connectivity index (χ2n) is 7.74. The molecule has 0 amide bonds. The van der Waals surface area contributed by atoms with Crippen LogP contribution in [0.4, 0.5) is 10.1 Å². The zero-order chi connectivity index (χ0) is 20.2. The van der Waals surface area contributed by atoms with Gasteiger partial charge in [0.05, 0.1) is 12.6 Å². The number of nitrogens with one attached hydrogen (secondary N) is 1. The molecule has 0 unspecified atom stereocenters. The molecule has 1 saturated heterocycles. The largest absolute Gasteiger partial charge is 0.459 e. The van der Waals surface area contributed by atoms with Crippen LogP contribution in [-0.2, 0) is 13.1 Å². The van der Waals surface area contributed by atoms with Crippen molar-refractivity contribution >= 4 is 5.69 Å². The number of hydrogen-bond donors (Lipinski definition) is 2. The molecule has 0 spiro atoms. The highest BCUT2D eigenvalue weighted by Gasteiger charge is 2.17. The summed E-state index contributed by atoms with van der Waals surface area (Å²) in [5.74, 6) is 1.26. The number of rotatable bonds is 6. The average Bonchev–Trinajstić information content (AvgIpc) is 3.19. The van der Waals surface area contributed by atoms with Crippen LogP contribution >= 0.6 is 0 Å². The SMILES string of the molecule is Cc1c(F)cccc1-c1ccc(CNc2cccc(CN3CCC(O)CC3)c2)o1. The summed E-state index contributed by atoms with van der Waals surface area (Å²) in [4.78, 5) is 2.38. The molecule has 4 nitrogen and oxygen atoms in total. The molecule has 152 valence electrons. The van der Waals surface area contributed by atoms with E-state index in [0.717, 1.165) is 49.5 Å². The van der Waals surface area contributed by atoms with Gasteiger partial charge in [-0.25, -0.2) is 4.39 Å². The molecule has 1 aliphatic heterocycles. The maximum absolute atomic E-state index is 13.8. The number of anilines is 1. The maximum Gasteiger partial charge on any atom is 0.134 e. The third-order valence-electron chi connectivity index (χ3n) is 5.55. The first-order valence-electron chi connectivity index (χ1n) is 10.2. The molecule has 0 atom stereocenters. The van der Waals surface area contributed by atoms with Crippen LogP contribution in [0.15, 0.2) is 59.0 Å². The summed E-state index contributed by atoms with van der Waals surface area (Å²) in [6.07, 6.45) is 1.56. The Balaban J connectivity index is 1.37. The van der Waals surface area contributed by atoms with E-state index in [1.165, 1.54) is 11.6 Å². The third kappa shape index (κ3) is 4.86. The highest BCUT2D eigenvalue weighted by atomic mass is 19.1. The Morgan fingerprint density at radius 1 is 1.10 bits per heavy atom. The average molecular weight is 394 g/mol. The molecule has 3 aromatic rings. The number of hydrogen-bond acceptors (Lipinski definition) is 4. The quantitative estimate of drug-likeness (QED) is 0.620. The van der Waals surface area contributed by atoms with Crippen LogP contribution in [0.2, 0.25) is 0 Å². The zero-order valence-corrected chi connectivity index (χ0v) is 16.7.